The van der Waals surface area contributed by atoms with Crippen molar-refractivity contribution >= 4 is 39.4 Å². The van der Waals surface area contributed by atoms with Crippen LogP contribution in [0.4, 0.5) is 17.1 Å². The minimum absolute atomic E-state index is 0. The van der Waals surface area contributed by atoms with E-state index in [-0.39, 0.29) is 18.2 Å². The first-order valence-electron chi connectivity index (χ1n) is 6.24. The van der Waals surface area contributed by atoms with Gasteiger partial charge in [0.2, 0.25) is 0 Å². The second-order valence-electron chi connectivity index (χ2n) is 4.63. The Morgan fingerprint density at radius 2 is 1.62 bits per heavy atom. The van der Waals surface area contributed by atoms with Gasteiger partial charge in [-0.1, -0.05) is 17.7 Å². The molecule has 3 rings (SSSR count). The molecule has 0 radical (unpaired) electrons. The van der Waals surface area contributed by atoms with Crippen molar-refractivity contribution in [3.8, 4) is 5.75 Å². The minimum Gasteiger partial charge on any atom is -1.00 e. The standard InChI is InChI=1S/C16H13ClN2O.ClH/c17-10-1-6-13-14(9-10)15(18)7-8-16(13)19-11-2-4-12(20)5-3-11;/h1-9,19-20H,18H2;1H. The summed E-state index contributed by atoms with van der Waals surface area (Å²) >= 11 is 6.04. The quantitative estimate of drug-likeness (QED) is 0.612. The van der Waals surface area contributed by atoms with E-state index in [4.69, 9.17) is 11.6 Å². The number of fused-ring (bicyclic) bond motifs is 1. The smallest absolute Gasteiger partial charge is 0.136 e. The molecule has 0 saturated carbocycles. The van der Waals surface area contributed by atoms with E-state index in [1.807, 2.05) is 42.5 Å². The number of anilines is 2. The number of phenolic OH excluding ortho intramolecular Hbond substituents is 1. The number of halogens is 2. The summed E-state index contributed by atoms with van der Waals surface area (Å²) < 4.78 is 0. The molecule has 0 aliphatic carbocycles. The monoisotopic (exact) mass is 320 g/mol. The summed E-state index contributed by atoms with van der Waals surface area (Å²) in [4.78, 5) is 0. The van der Waals surface area contributed by atoms with Crippen molar-refractivity contribution in [3.63, 3.8) is 0 Å². The summed E-state index contributed by atoms with van der Waals surface area (Å²) in [6.07, 6.45) is 0. The van der Waals surface area contributed by atoms with Gasteiger partial charge in [-0.05, 0) is 42.5 Å². The molecule has 3 aromatic carbocycles. The molecule has 5 N–H and O–H groups in total. The molecular weight excluding hydrogens is 307 g/mol. The van der Waals surface area contributed by atoms with Crippen LogP contribution in [0.2, 0.25) is 5.02 Å². The highest BCUT2D eigenvalue weighted by molar-refractivity contribution is 6.31. The third-order valence-corrected chi connectivity index (χ3v) is 3.45. The molecule has 0 unspecified atom stereocenters. The molecule has 0 aliphatic rings. The van der Waals surface area contributed by atoms with Gasteiger partial charge in [-0.3, -0.25) is 0 Å². The predicted molar refractivity (Wildman–Crippen MR) is 82.9 cm³/mol. The van der Waals surface area contributed by atoms with Crippen LogP contribution in [0.3, 0.4) is 0 Å². The largest absolute Gasteiger partial charge is 1.00 e. The van der Waals surface area contributed by atoms with Crippen molar-refractivity contribution in [2.45, 2.75) is 0 Å². The Hall–Kier alpha value is -1.94. The molecule has 0 fully saturated rings. The molecular formula is C16H14Cl2N2O. The SMILES string of the molecule is [Cl-].[NH3+]c1ccc(Nc2ccc(O)cc2)c2ccc(Cl)cc12. The number of aromatic hydroxyl groups is 1. The van der Waals surface area contributed by atoms with Gasteiger partial charge >= 0.3 is 0 Å². The summed E-state index contributed by atoms with van der Waals surface area (Å²) in [7, 11) is 0. The van der Waals surface area contributed by atoms with Crippen LogP contribution in [0.25, 0.3) is 10.8 Å². The number of phenols is 1. The third-order valence-electron chi connectivity index (χ3n) is 3.22. The third kappa shape index (κ3) is 3.22. The predicted octanol–water partition coefficient (Wildman–Crippen LogP) is 0.820. The van der Waals surface area contributed by atoms with Gasteiger partial charge in [-0.15, -0.1) is 0 Å². The second kappa shape index (κ2) is 6.22. The van der Waals surface area contributed by atoms with Crippen LogP contribution >= 0.6 is 11.6 Å². The maximum absolute atomic E-state index is 9.31. The van der Waals surface area contributed by atoms with Gasteiger partial charge in [-0.25, -0.2) is 0 Å². The fourth-order valence-corrected chi connectivity index (χ4v) is 2.36. The Kier molecular flexibility index (Phi) is 4.58. The van der Waals surface area contributed by atoms with Gasteiger partial charge in [0.1, 0.15) is 11.4 Å². The lowest BCUT2D eigenvalue weighted by atomic mass is 10.1. The lowest BCUT2D eigenvalue weighted by molar-refractivity contribution is -0.252. The highest BCUT2D eigenvalue weighted by Crippen LogP contribution is 2.32. The fraction of sp³-hybridized carbons (Fsp3) is 0. The molecule has 3 aromatic rings. The van der Waals surface area contributed by atoms with Gasteiger partial charge < -0.3 is 28.6 Å². The summed E-state index contributed by atoms with van der Waals surface area (Å²) in [5, 5.41) is 15.4. The van der Waals surface area contributed by atoms with Gasteiger partial charge in [0.25, 0.3) is 0 Å². The second-order valence-corrected chi connectivity index (χ2v) is 5.07. The van der Waals surface area contributed by atoms with Crippen LogP contribution in [0, 0.1) is 0 Å². The number of benzene rings is 3. The Morgan fingerprint density at radius 1 is 0.905 bits per heavy atom. The number of hydrogen-bond donors (Lipinski definition) is 3. The molecule has 0 aliphatic heterocycles. The number of nitrogens with one attached hydrogen (secondary N) is 1. The Morgan fingerprint density at radius 3 is 2.33 bits per heavy atom. The average molecular weight is 321 g/mol. The topological polar surface area (TPSA) is 59.9 Å². The molecule has 108 valence electrons. The minimum atomic E-state index is 0. The van der Waals surface area contributed by atoms with Crippen LogP contribution in [0.1, 0.15) is 0 Å². The first-order chi connectivity index (χ1) is 9.63. The zero-order chi connectivity index (χ0) is 14.1. The van der Waals surface area contributed by atoms with E-state index >= 15 is 0 Å². The lowest BCUT2D eigenvalue weighted by Gasteiger charge is -2.10. The molecule has 0 atom stereocenters. The molecule has 5 heteroatoms. The van der Waals surface area contributed by atoms with Crippen molar-refractivity contribution in [2.24, 2.45) is 0 Å². The first kappa shape index (κ1) is 15.4. The lowest BCUT2D eigenvalue weighted by Crippen LogP contribution is -3.00. The molecule has 21 heavy (non-hydrogen) atoms. The number of quaternary nitrogens is 1. The Bertz CT molecular complexity index is 773. The van der Waals surface area contributed by atoms with Crippen LogP contribution in [-0.2, 0) is 0 Å². The average Bonchev–Trinajstić information content (AvgIpc) is 2.44. The molecule has 3 nitrogen and oxygen atoms in total. The summed E-state index contributed by atoms with van der Waals surface area (Å²) in [6.45, 7) is 0. The maximum Gasteiger partial charge on any atom is 0.136 e. The molecule has 0 spiro atoms. The zero-order valence-corrected chi connectivity index (χ0v) is 12.6. The maximum atomic E-state index is 9.31. The highest BCUT2D eigenvalue weighted by Gasteiger charge is 2.07. The van der Waals surface area contributed by atoms with E-state index in [0.717, 1.165) is 27.8 Å². The van der Waals surface area contributed by atoms with E-state index < -0.39 is 0 Å². The van der Waals surface area contributed by atoms with Crippen molar-refractivity contribution in [2.75, 3.05) is 5.32 Å². The normalized spacial score (nSPS) is 10.2. The van der Waals surface area contributed by atoms with Gasteiger partial charge in [0, 0.05) is 33.2 Å². The summed E-state index contributed by atoms with van der Waals surface area (Å²) in [5.74, 6) is 0.250. The summed E-state index contributed by atoms with van der Waals surface area (Å²) in [5.41, 5.74) is 6.87. The number of hydrogen-bond acceptors (Lipinski definition) is 2. The fourth-order valence-electron chi connectivity index (χ4n) is 2.19. The van der Waals surface area contributed by atoms with Crippen molar-refractivity contribution in [1.29, 1.82) is 0 Å². The van der Waals surface area contributed by atoms with Crippen LogP contribution < -0.4 is 23.5 Å². The molecule has 0 heterocycles. The highest BCUT2D eigenvalue weighted by atomic mass is 35.5. The molecule has 0 amide bonds. The molecule has 0 bridgehead atoms. The van der Waals surface area contributed by atoms with Crippen molar-refractivity contribution < 1.29 is 23.2 Å². The van der Waals surface area contributed by atoms with Crippen LogP contribution in [0.5, 0.6) is 5.75 Å². The molecule has 0 saturated heterocycles. The first-order valence-corrected chi connectivity index (χ1v) is 6.61. The van der Waals surface area contributed by atoms with E-state index in [0.29, 0.717) is 5.02 Å². The van der Waals surface area contributed by atoms with E-state index in [1.165, 1.54) is 0 Å². The van der Waals surface area contributed by atoms with Gasteiger partial charge in [-0.2, -0.15) is 0 Å². The van der Waals surface area contributed by atoms with E-state index in [9.17, 15) is 5.11 Å². The number of rotatable bonds is 2. The summed E-state index contributed by atoms with van der Waals surface area (Å²) in [6, 6.07) is 16.7. The van der Waals surface area contributed by atoms with Crippen molar-refractivity contribution in [3.05, 3.63) is 59.6 Å². The Balaban J connectivity index is 0.00000161. The van der Waals surface area contributed by atoms with E-state index in [2.05, 4.69) is 11.1 Å². The zero-order valence-electron chi connectivity index (χ0n) is 11.1. The van der Waals surface area contributed by atoms with Crippen LogP contribution in [0.15, 0.2) is 54.6 Å². The van der Waals surface area contributed by atoms with Gasteiger partial charge in [0.05, 0.1) is 0 Å². The van der Waals surface area contributed by atoms with E-state index in [1.54, 1.807) is 12.1 Å². The molecule has 0 aromatic heterocycles. The van der Waals surface area contributed by atoms with Crippen molar-refractivity contribution in [1.82, 2.24) is 0 Å². The van der Waals surface area contributed by atoms with Gasteiger partial charge in [0.15, 0.2) is 0 Å². The van der Waals surface area contributed by atoms with Crippen LogP contribution in [-0.4, -0.2) is 5.11 Å². The Labute approximate surface area is 133 Å².